The maximum atomic E-state index is 12.1. The number of alkyl halides is 12. The predicted molar refractivity (Wildman–Crippen MR) is 41.3 cm³/mol. The van der Waals surface area contributed by atoms with Crippen molar-refractivity contribution in [2.45, 2.75) is 23.2 Å². The van der Waals surface area contributed by atoms with Crippen LogP contribution in [0.15, 0.2) is 0 Å². The minimum absolute atomic E-state index is 1.97. The van der Waals surface area contributed by atoms with Crippen LogP contribution in [0.4, 0.5) is 52.7 Å². The van der Waals surface area contributed by atoms with Crippen molar-refractivity contribution in [3.8, 4) is 0 Å². The van der Waals surface area contributed by atoms with Gasteiger partial charge >= 0.3 is 40.3 Å². The first-order valence-corrected chi connectivity index (χ1v) is 7.83. The van der Waals surface area contributed by atoms with Crippen molar-refractivity contribution in [1.29, 1.82) is 0 Å². The Morgan fingerprint density at radius 3 is 0.714 bits per heavy atom. The summed E-state index contributed by atoms with van der Waals surface area (Å²) in [5, 5.41) is 0. The van der Waals surface area contributed by atoms with Crippen LogP contribution in [-0.4, -0.2) is 49.9 Å². The summed E-state index contributed by atoms with van der Waals surface area (Å²) in [4.78, 5) is 16.6. The van der Waals surface area contributed by atoms with Gasteiger partial charge in [-0.1, -0.05) is 0 Å². The van der Waals surface area contributed by atoms with E-state index in [1.807, 2.05) is 4.12 Å². The third-order valence-electron chi connectivity index (χ3n) is 1.83. The Labute approximate surface area is 108 Å². The van der Waals surface area contributed by atoms with Crippen LogP contribution < -0.4 is 0 Å². The predicted octanol–water partition coefficient (Wildman–Crippen LogP) is 2.28. The second-order valence-electron chi connectivity index (χ2n) is 3.38. The van der Waals surface area contributed by atoms with E-state index in [0.717, 1.165) is 0 Å². The van der Waals surface area contributed by atoms with E-state index in [2.05, 4.69) is 0 Å². The summed E-state index contributed by atoms with van der Waals surface area (Å²) in [7, 11) is -17.3. The molecule has 3 nitrogen and oxygen atoms in total. The molecule has 0 saturated carbocycles. The van der Waals surface area contributed by atoms with Crippen LogP contribution >= 0.6 is 0 Å². The van der Waals surface area contributed by atoms with Crippen LogP contribution in [0.2, 0.25) is 0 Å². The summed E-state index contributed by atoms with van der Waals surface area (Å²) < 4.78 is 147. The fourth-order valence-electron chi connectivity index (χ4n) is 0.767. The van der Waals surface area contributed by atoms with Crippen LogP contribution in [0.25, 0.3) is 0 Å². The molecule has 0 spiro atoms. The van der Waals surface area contributed by atoms with Gasteiger partial charge in [0.15, 0.2) is 0 Å². The molecule has 0 aliphatic carbocycles. The maximum Gasteiger partial charge on any atom is 0.562 e. The van der Waals surface area contributed by atoms with Gasteiger partial charge in [-0.15, -0.1) is 0 Å². The molecule has 0 atom stereocenters. The highest BCUT2D eigenvalue weighted by Crippen LogP contribution is 2.47. The molecular formula is C4H2F12O3Si2. The van der Waals surface area contributed by atoms with E-state index in [1.54, 1.807) is 0 Å². The second-order valence-corrected chi connectivity index (χ2v) is 9.04. The number of hydrogen-bond acceptors (Lipinski definition) is 3. The third kappa shape index (κ3) is 3.46. The topological polar surface area (TPSA) is 49.7 Å². The zero-order valence-electron chi connectivity index (χ0n) is 8.84. The molecule has 21 heavy (non-hydrogen) atoms. The second kappa shape index (κ2) is 5.00. The SMILES string of the molecule is O[Si](O[Si](O)(C(F)(F)F)C(F)(F)F)(C(F)(F)F)C(F)(F)F. The maximum absolute atomic E-state index is 12.1. The van der Waals surface area contributed by atoms with Crippen LogP contribution in [-0.2, 0) is 4.12 Å². The van der Waals surface area contributed by atoms with Gasteiger partial charge in [0.1, 0.15) is 0 Å². The molecule has 0 heterocycles. The van der Waals surface area contributed by atoms with Crippen LogP contribution in [0.5, 0.6) is 0 Å². The standard InChI is InChI=1S/C4H2F12O3Si2/c5-1(6,7)20(17,2(8,9)10)19-21(18,3(11,12)13)4(14,15)16/h17-18H. The summed E-state index contributed by atoms with van der Waals surface area (Å²) in [5.74, 6) is -28.0. The first-order chi connectivity index (χ1) is 8.71. The van der Waals surface area contributed by atoms with Crippen molar-refractivity contribution in [2.75, 3.05) is 0 Å². The normalized spacial score (nSPS) is 16.3. The fraction of sp³-hybridized carbons (Fsp3) is 1.00. The van der Waals surface area contributed by atoms with Gasteiger partial charge in [0.05, 0.1) is 0 Å². The third-order valence-corrected chi connectivity index (χ3v) is 7.27. The average molecular weight is 382 g/mol. The fourth-order valence-corrected chi connectivity index (χ4v) is 4.97. The molecule has 0 rings (SSSR count). The molecule has 0 aromatic carbocycles. The highest BCUT2D eigenvalue weighted by Gasteiger charge is 2.88. The van der Waals surface area contributed by atoms with E-state index < -0.39 is 40.3 Å². The highest BCUT2D eigenvalue weighted by atomic mass is 28.5. The number of rotatable bonds is 2. The largest absolute Gasteiger partial charge is 0.562 e. The van der Waals surface area contributed by atoms with Gasteiger partial charge in [0, 0.05) is 0 Å². The van der Waals surface area contributed by atoms with Gasteiger partial charge in [-0.2, -0.15) is 52.7 Å². The lowest BCUT2D eigenvalue weighted by atomic mass is 11.5. The monoisotopic (exact) mass is 382 g/mol. The molecule has 17 heteroatoms. The van der Waals surface area contributed by atoms with Crippen molar-refractivity contribution in [3.63, 3.8) is 0 Å². The minimum Gasteiger partial charge on any atom is -0.400 e. The van der Waals surface area contributed by atoms with Crippen molar-refractivity contribution >= 4 is 17.1 Å². The minimum atomic E-state index is -8.64. The van der Waals surface area contributed by atoms with Crippen molar-refractivity contribution < 1.29 is 66.4 Å². The van der Waals surface area contributed by atoms with Crippen molar-refractivity contribution in [1.82, 2.24) is 0 Å². The zero-order chi connectivity index (χ0) is 17.7. The van der Waals surface area contributed by atoms with E-state index in [0.29, 0.717) is 0 Å². The molecule has 0 amide bonds. The molecule has 0 aliphatic heterocycles. The Morgan fingerprint density at radius 1 is 0.476 bits per heavy atom. The first kappa shape index (κ1) is 20.5. The molecular weight excluding hydrogens is 380 g/mol. The quantitative estimate of drug-likeness (QED) is 0.569. The van der Waals surface area contributed by atoms with Gasteiger partial charge in [-0.3, -0.25) is 0 Å². The van der Waals surface area contributed by atoms with Gasteiger partial charge in [-0.25, -0.2) is 0 Å². The molecule has 0 aromatic rings. The molecule has 2 N–H and O–H groups in total. The summed E-state index contributed by atoms with van der Waals surface area (Å²) in [6, 6.07) is 0. The summed E-state index contributed by atoms with van der Waals surface area (Å²) in [6.45, 7) is 0. The van der Waals surface area contributed by atoms with Crippen LogP contribution in [0, 0.1) is 0 Å². The van der Waals surface area contributed by atoms with E-state index >= 15 is 0 Å². The van der Waals surface area contributed by atoms with Crippen LogP contribution in [0.3, 0.4) is 0 Å². The molecule has 0 aromatic heterocycles. The average Bonchev–Trinajstić information content (AvgIpc) is 2.09. The van der Waals surface area contributed by atoms with Crippen LogP contribution in [0.1, 0.15) is 0 Å². The Hall–Kier alpha value is -0.526. The summed E-state index contributed by atoms with van der Waals surface area (Å²) in [5.41, 5.74) is 0. The Morgan fingerprint density at radius 2 is 0.619 bits per heavy atom. The molecule has 0 radical (unpaired) electrons. The molecule has 0 fully saturated rings. The molecule has 0 unspecified atom stereocenters. The smallest absolute Gasteiger partial charge is 0.400 e. The van der Waals surface area contributed by atoms with Gasteiger partial charge < -0.3 is 13.7 Å². The van der Waals surface area contributed by atoms with E-state index in [4.69, 9.17) is 9.59 Å². The van der Waals surface area contributed by atoms with Crippen molar-refractivity contribution in [3.05, 3.63) is 0 Å². The van der Waals surface area contributed by atoms with E-state index in [1.165, 1.54) is 0 Å². The highest BCUT2D eigenvalue weighted by molar-refractivity contribution is 6.83. The van der Waals surface area contributed by atoms with E-state index in [-0.39, 0.29) is 0 Å². The molecule has 0 aliphatic rings. The summed E-state index contributed by atoms with van der Waals surface area (Å²) in [6.07, 6.45) is 0. The lowest BCUT2D eigenvalue weighted by Crippen LogP contribution is -2.76. The van der Waals surface area contributed by atoms with Crippen molar-refractivity contribution in [2.24, 2.45) is 0 Å². The lowest BCUT2D eigenvalue weighted by Gasteiger charge is -2.36. The van der Waals surface area contributed by atoms with E-state index in [9.17, 15) is 52.7 Å². The molecule has 0 saturated heterocycles. The van der Waals surface area contributed by atoms with Gasteiger partial charge in [-0.05, 0) is 0 Å². The first-order valence-electron chi connectivity index (χ1n) is 4.12. The number of halogens is 12. The lowest BCUT2D eigenvalue weighted by molar-refractivity contribution is -0.182. The Bertz CT molecular complexity index is 314. The number of hydrogen-bond donors (Lipinski definition) is 2. The zero-order valence-corrected chi connectivity index (χ0v) is 10.8. The van der Waals surface area contributed by atoms with Gasteiger partial charge in [0.2, 0.25) is 0 Å². The van der Waals surface area contributed by atoms with Gasteiger partial charge in [0.25, 0.3) is 0 Å². The Balaban J connectivity index is 6.15. The Kier molecular flexibility index (Phi) is 4.87. The summed E-state index contributed by atoms with van der Waals surface area (Å²) >= 11 is 0. The molecule has 0 bridgehead atoms. The molecule has 128 valence electrons.